The van der Waals surface area contributed by atoms with Gasteiger partial charge >= 0.3 is 12.2 Å². The van der Waals surface area contributed by atoms with Crippen LogP contribution in [0.4, 0.5) is 18.0 Å². The zero-order valence-electron chi connectivity index (χ0n) is 12.7. The summed E-state index contributed by atoms with van der Waals surface area (Å²) in [6, 6.07) is 1.79. The summed E-state index contributed by atoms with van der Waals surface area (Å²) in [4.78, 5) is 40.0. The Hall–Kier alpha value is -2.65. The Morgan fingerprint density at radius 2 is 2.12 bits per heavy atom. The van der Waals surface area contributed by atoms with Gasteiger partial charge in [-0.15, -0.1) is 0 Å². The molecule has 2 heterocycles. The summed E-state index contributed by atoms with van der Waals surface area (Å²) in [7, 11) is 0. The quantitative estimate of drug-likeness (QED) is 0.788. The fourth-order valence-electron chi connectivity index (χ4n) is 2.24. The second-order valence-corrected chi connectivity index (χ2v) is 5.23. The maximum absolute atomic E-state index is 13.5. The van der Waals surface area contributed by atoms with Crippen molar-refractivity contribution in [1.82, 2.24) is 20.5 Å². The molecule has 0 radical (unpaired) electrons. The number of rotatable bonds is 5. The average Bonchev–Trinajstić information content (AvgIpc) is 2.73. The standard InChI is InChI=1S/C14H15F3N4O3/c1-2-4-10(22)19-13(14(15,16)17)11(23)21(12(24)20-13)8-9-5-3-6-18-7-9/h3,5-7H,2,4,8H2,1H3,(H,19,22)(H,20,24)/t13-/m1/s1. The lowest BCUT2D eigenvalue weighted by atomic mass is 10.1. The molecule has 7 nitrogen and oxygen atoms in total. The van der Waals surface area contributed by atoms with Crippen LogP contribution in [0.25, 0.3) is 0 Å². The Balaban J connectivity index is 2.31. The highest BCUT2D eigenvalue weighted by Crippen LogP contribution is 2.34. The van der Waals surface area contributed by atoms with Gasteiger partial charge in [0.05, 0.1) is 6.54 Å². The number of aromatic nitrogens is 1. The highest BCUT2D eigenvalue weighted by Gasteiger charge is 2.68. The monoisotopic (exact) mass is 344 g/mol. The van der Waals surface area contributed by atoms with Gasteiger partial charge in [0, 0.05) is 18.8 Å². The summed E-state index contributed by atoms with van der Waals surface area (Å²) in [5.74, 6) is -2.56. The number of imide groups is 1. The van der Waals surface area contributed by atoms with Gasteiger partial charge in [-0.2, -0.15) is 13.2 Å². The first-order valence-electron chi connectivity index (χ1n) is 7.12. The molecule has 1 aromatic heterocycles. The molecule has 2 N–H and O–H groups in total. The predicted molar refractivity (Wildman–Crippen MR) is 75.2 cm³/mol. The third-order valence-corrected chi connectivity index (χ3v) is 3.40. The molecule has 1 aliphatic heterocycles. The van der Waals surface area contributed by atoms with E-state index in [1.807, 2.05) is 0 Å². The molecule has 10 heteroatoms. The first-order chi connectivity index (χ1) is 11.2. The number of halogens is 3. The number of pyridine rings is 1. The van der Waals surface area contributed by atoms with Crippen molar-refractivity contribution in [3.63, 3.8) is 0 Å². The van der Waals surface area contributed by atoms with Crippen LogP contribution in [0.5, 0.6) is 0 Å². The van der Waals surface area contributed by atoms with Crippen molar-refractivity contribution in [1.29, 1.82) is 0 Å². The first kappa shape index (κ1) is 17.7. The summed E-state index contributed by atoms with van der Waals surface area (Å²) < 4.78 is 40.4. The van der Waals surface area contributed by atoms with E-state index in [0.29, 0.717) is 16.9 Å². The minimum atomic E-state index is -5.19. The minimum absolute atomic E-state index is 0.205. The molecular weight excluding hydrogens is 329 g/mol. The molecule has 0 aliphatic carbocycles. The smallest absolute Gasteiger partial charge is 0.318 e. The normalized spacial score (nSPS) is 20.9. The van der Waals surface area contributed by atoms with Gasteiger partial charge in [0.15, 0.2) is 0 Å². The van der Waals surface area contributed by atoms with Crippen LogP contribution in [0.1, 0.15) is 25.3 Å². The van der Waals surface area contributed by atoms with Crippen molar-refractivity contribution in [2.45, 2.75) is 38.1 Å². The van der Waals surface area contributed by atoms with E-state index in [9.17, 15) is 27.6 Å². The number of amides is 4. The van der Waals surface area contributed by atoms with Crippen LogP contribution in [0.3, 0.4) is 0 Å². The molecular formula is C14H15F3N4O3. The molecule has 0 saturated carbocycles. The number of nitrogens with one attached hydrogen (secondary N) is 2. The molecule has 1 aliphatic rings. The van der Waals surface area contributed by atoms with Crippen LogP contribution in [-0.4, -0.2) is 39.6 Å². The van der Waals surface area contributed by atoms with Crippen LogP contribution in [-0.2, 0) is 16.1 Å². The first-order valence-corrected chi connectivity index (χ1v) is 7.12. The summed E-state index contributed by atoms with van der Waals surface area (Å²) in [5.41, 5.74) is -3.07. The largest absolute Gasteiger partial charge is 0.440 e. The lowest BCUT2D eigenvalue weighted by Gasteiger charge is -2.29. The molecule has 1 saturated heterocycles. The van der Waals surface area contributed by atoms with Gasteiger partial charge in [-0.1, -0.05) is 13.0 Å². The van der Waals surface area contributed by atoms with Crippen molar-refractivity contribution < 1.29 is 27.6 Å². The van der Waals surface area contributed by atoms with Crippen molar-refractivity contribution in [3.05, 3.63) is 30.1 Å². The highest BCUT2D eigenvalue weighted by atomic mass is 19.4. The Labute approximate surface area is 135 Å². The van der Waals surface area contributed by atoms with Gasteiger partial charge in [-0.05, 0) is 18.1 Å². The Morgan fingerprint density at radius 1 is 1.42 bits per heavy atom. The van der Waals surface area contributed by atoms with Crippen molar-refractivity contribution in [2.24, 2.45) is 0 Å². The second kappa shape index (κ2) is 6.46. The maximum atomic E-state index is 13.5. The summed E-state index contributed by atoms with van der Waals surface area (Å²) in [6.45, 7) is 1.21. The molecule has 1 fully saturated rings. The third kappa shape index (κ3) is 3.17. The maximum Gasteiger partial charge on any atom is 0.440 e. The highest BCUT2D eigenvalue weighted by molar-refractivity contribution is 6.08. The van der Waals surface area contributed by atoms with E-state index in [-0.39, 0.29) is 13.0 Å². The predicted octanol–water partition coefficient (Wildman–Crippen LogP) is 1.31. The average molecular weight is 344 g/mol. The van der Waals surface area contributed by atoms with Crippen LogP contribution in [0.2, 0.25) is 0 Å². The molecule has 130 valence electrons. The molecule has 1 aromatic rings. The summed E-state index contributed by atoms with van der Waals surface area (Å²) in [6.07, 6.45) is -2.33. The van der Waals surface area contributed by atoms with E-state index in [2.05, 4.69) is 4.98 Å². The topological polar surface area (TPSA) is 91.4 Å². The van der Waals surface area contributed by atoms with Crippen LogP contribution in [0.15, 0.2) is 24.5 Å². The Morgan fingerprint density at radius 3 is 2.67 bits per heavy atom. The van der Waals surface area contributed by atoms with Gasteiger partial charge in [0.1, 0.15) is 0 Å². The number of nitrogens with zero attached hydrogens (tertiary/aromatic N) is 2. The lowest BCUT2D eigenvalue weighted by Crippen LogP contribution is -2.69. The van der Waals surface area contributed by atoms with Crippen LogP contribution in [0, 0.1) is 0 Å². The molecule has 0 unspecified atom stereocenters. The SMILES string of the molecule is CCCC(=O)N[C@@]1(C(F)(F)F)NC(=O)N(Cc2cccnc2)C1=O. The van der Waals surface area contributed by atoms with E-state index in [4.69, 9.17) is 0 Å². The number of carbonyl (C=O) groups is 3. The van der Waals surface area contributed by atoms with Crippen molar-refractivity contribution in [3.8, 4) is 0 Å². The molecule has 1 atom stereocenters. The van der Waals surface area contributed by atoms with Gasteiger partial charge in [-0.25, -0.2) is 4.79 Å². The third-order valence-electron chi connectivity index (χ3n) is 3.40. The van der Waals surface area contributed by atoms with Crippen molar-refractivity contribution >= 4 is 17.8 Å². The number of hydrogen-bond donors (Lipinski definition) is 2. The van der Waals surface area contributed by atoms with Gasteiger partial charge < -0.3 is 5.32 Å². The van der Waals surface area contributed by atoms with E-state index in [1.165, 1.54) is 24.5 Å². The fourth-order valence-corrected chi connectivity index (χ4v) is 2.24. The van der Waals surface area contributed by atoms with Gasteiger partial charge in [-0.3, -0.25) is 24.8 Å². The zero-order valence-corrected chi connectivity index (χ0v) is 12.7. The molecule has 4 amide bonds. The molecule has 24 heavy (non-hydrogen) atoms. The number of carbonyl (C=O) groups excluding carboxylic acids is 3. The van der Waals surface area contributed by atoms with Crippen LogP contribution < -0.4 is 10.6 Å². The van der Waals surface area contributed by atoms with E-state index in [0.717, 1.165) is 0 Å². The second-order valence-electron chi connectivity index (χ2n) is 5.23. The van der Waals surface area contributed by atoms with Gasteiger partial charge in [0.25, 0.3) is 11.6 Å². The van der Waals surface area contributed by atoms with E-state index in [1.54, 1.807) is 17.6 Å². The molecule has 2 rings (SSSR count). The number of hydrogen-bond acceptors (Lipinski definition) is 4. The molecule has 0 bridgehead atoms. The Kier molecular flexibility index (Phi) is 4.76. The summed E-state index contributed by atoms with van der Waals surface area (Å²) in [5, 5.41) is 3.20. The van der Waals surface area contributed by atoms with E-state index < -0.39 is 29.7 Å². The number of urea groups is 1. The fraction of sp³-hybridized carbons (Fsp3) is 0.429. The van der Waals surface area contributed by atoms with Crippen LogP contribution >= 0.6 is 0 Å². The van der Waals surface area contributed by atoms with Crippen molar-refractivity contribution in [2.75, 3.05) is 0 Å². The molecule has 0 aromatic carbocycles. The van der Waals surface area contributed by atoms with Gasteiger partial charge in [0.2, 0.25) is 5.91 Å². The zero-order chi connectivity index (χ0) is 18.0. The summed E-state index contributed by atoms with van der Waals surface area (Å²) >= 11 is 0. The Bertz CT molecular complexity index is 650. The molecule has 0 spiro atoms. The minimum Gasteiger partial charge on any atom is -0.318 e. The van der Waals surface area contributed by atoms with E-state index >= 15 is 0 Å². The lowest BCUT2D eigenvalue weighted by molar-refractivity contribution is -0.204. The number of alkyl halides is 3.